The summed E-state index contributed by atoms with van der Waals surface area (Å²) in [4.78, 5) is 37.4. The van der Waals surface area contributed by atoms with Crippen molar-refractivity contribution < 1.29 is 23.9 Å². The molecule has 1 fully saturated rings. The maximum absolute atomic E-state index is 11.9. The standard InChI is InChI=1S/C14H12N2O5/c1-15-7-11(17)16(14(15)20)6-9-8-4-2-3-5-10(8)21-12(9)13(18)19/h2-5H,6-7H2,1H3,(H,18,19). The van der Waals surface area contributed by atoms with E-state index in [0.717, 1.165) is 4.90 Å². The maximum Gasteiger partial charge on any atom is 0.372 e. The maximum atomic E-state index is 11.9. The van der Waals surface area contributed by atoms with Crippen molar-refractivity contribution in [3.05, 3.63) is 35.6 Å². The van der Waals surface area contributed by atoms with Crippen LogP contribution in [0.1, 0.15) is 16.1 Å². The van der Waals surface area contributed by atoms with Crippen LogP contribution in [0.3, 0.4) is 0 Å². The number of furan rings is 1. The molecule has 1 aromatic carbocycles. The first-order valence-corrected chi connectivity index (χ1v) is 6.28. The molecular weight excluding hydrogens is 276 g/mol. The summed E-state index contributed by atoms with van der Waals surface area (Å²) >= 11 is 0. The summed E-state index contributed by atoms with van der Waals surface area (Å²) in [6.07, 6.45) is 0. The van der Waals surface area contributed by atoms with E-state index in [1.807, 2.05) is 0 Å². The summed E-state index contributed by atoms with van der Waals surface area (Å²) < 4.78 is 5.31. The van der Waals surface area contributed by atoms with Crippen molar-refractivity contribution in [2.75, 3.05) is 13.6 Å². The summed E-state index contributed by atoms with van der Waals surface area (Å²) in [5, 5.41) is 9.82. The molecule has 1 saturated heterocycles. The zero-order chi connectivity index (χ0) is 15.1. The van der Waals surface area contributed by atoms with Gasteiger partial charge in [0.25, 0.3) is 5.91 Å². The number of carbonyl (C=O) groups excluding carboxylic acids is 2. The minimum absolute atomic E-state index is 0.00295. The predicted octanol–water partition coefficient (Wildman–Crippen LogP) is 1.52. The SMILES string of the molecule is CN1CC(=O)N(Cc2c(C(=O)O)oc3ccccc23)C1=O. The molecule has 1 N–H and O–H groups in total. The van der Waals surface area contributed by atoms with E-state index in [1.54, 1.807) is 24.3 Å². The van der Waals surface area contributed by atoms with E-state index in [4.69, 9.17) is 4.42 Å². The molecule has 3 rings (SSSR count). The number of hydrogen-bond acceptors (Lipinski definition) is 4. The van der Waals surface area contributed by atoms with Gasteiger partial charge in [-0.25, -0.2) is 9.59 Å². The van der Waals surface area contributed by atoms with Crippen molar-refractivity contribution in [2.24, 2.45) is 0 Å². The third-order valence-corrected chi connectivity index (χ3v) is 3.44. The number of aromatic carboxylic acids is 1. The number of carboxylic acid groups (broad SMARTS) is 1. The van der Waals surface area contributed by atoms with Crippen LogP contribution in [0.4, 0.5) is 4.79 Å². The molecule has 0 bridgehead atoms. The predicted molar refractivity (Wildman–Crippen MR) is 71.7 cm³/mol. The highest BCUT2D eigenvalue weighted by Gasteiger charge is 2.35. The number of fused-ring (bicyclic) bond motifs is 1. The first-order valence-electron chi connectivity index (χ1n) is 6.28. The molecule has 0 radical (unpaired) electrons. The lowest BCUT2D eigenvalue weighted by Gasteiger charge is -2.13. The van der Waals surface area contributed by atoms with Crippen LogP contribution < -0.4 is 0 Å². The summed E-state index contributed by atoms with van der Waals surface area (Å²) in [6, 6.07) is 6.37. The Balaban J connectivity index is 2.07. The highest BCUT2D eigenvalue weighted by atomic mass is 16.4. The molecule has 0 aliphatic carbocycles. The van der Waals surface area contributed by atoms with E-state index >= 15 is 0 Å². The Hall–Kier alpha value is -2.83. The Kier molecular flexibility index (Phi) is 2.90. The van der Waals surface area contributed by atoms with Gasteiger partial charge in [0, 0.05) is 18.0 Å². The molecule has 108 valence electrons. The number of benzene rings is 1. The number of urea groups is 1. The molecule has 1 aromatic heterocycles. The molecule has 0 atom stereocenters. The van der Waals surface area contributed by atoms with E-state index < -0.39 is 12.0 Å². The Morgan fingerprint density at radius 1 is 1.33 bits per heavy atom. The van der Waals surface area contributed by atoms with E-state index in [0.29, 0.717) is 16.5 Å². The van der Waals surface area contributed by atoms with Crippen molar-refractivity contribution in [1.82, 2.24) is 9.80 Å². The Bertz CT molecular complexity index is 764. The zero-order valence-corrected chi connectivity index (χ0v) is 11.2. The first-order chi connectivity index (χ1) is 9.99. The fraction of sp³-hybridized carbons (Fsp3) is 0.214. The lowest BCUT2D eigenvalue weighted by molar-refractivity contribution is -0.125. The molecule has 1 aliphatic heterocycles. The van der Waals surface area contributed by atoms with Crippen LogP contribution in [-0.2, 0) is 11.3 Å². The summed E-state index contributed by atoms with van der Waals surface area (Å²) in [7, 11) is 1.52. The number of imide groups is 1. The van der Waals surface area contributed by atoms with Crippen LogP contribution >= 0.6 is 0 Å². The molecule has 7 nitrogen and oxygen atoms in total. The topological polar surface area (TPSA) is 91.1 Å². The van der Waals surface area contributed by atoms with Gasteiger partial charge in [0.1, 0.15) is 12.1 Å². The lowest BCUT2D eigenvalue weighted by Crippen LogP contribution is -2.31. The number of para-hydroxylation sites is 1. The molecule has 21 heavy (non-hydrogen) atoms. The molecule has 7 heteroatoms. The second kappa shape index (κ2) is 4.62. The minimum Gasteiger partial charge on any atom is -0.475 e. The van der Waals surface area contributed by atoms with Gasteiger partial charge in [-0.1, -0.05) is 18.2 Å². The Labute approximate surface area is 119 Å². The molecule has 0 unspecified atom stereocenters. The van der Waals surface area contributed by atoms with Crippen molar-refractivity contribution in [1.29, 1.82) is 0 Å². The van der Waals surface area contributed by atoms with Gasteiger partial charge in [-0.3, -0.25) is 9.69 Å². The van der Waals surface area contributed by atoms with Crippen molar-refractivity contribution >= 4 is 28.9 Å². The quantitative estimate of drug-likeness (QED) is 0.865. The molecule has 0 spiro atoms. The summed E-state index contributed by atoms with van der Waals surface area (Å²) in [5.74, 6) is -1.83. The second-order valence-corrected chi connectivity index (χ2v) is 4.83. The number of carboxylic acids is 1. The molecule has 3 amide bonds. The van der Waals surface area contributed by atoms with Crippen LogP contribution in [0.2, 0.25) is 0 Å². The first kappa shape index (κ1) is 13.2. The van der Waals surface area contributed by atoms with Crippen LogP contribution in [0.15, 0.2) is 28.7 Å². The van der Waals surface area contributed by atoms with E-state index in [-0.39, 0.29) is 24.8 Å². The van der Waals surface area contributed by atoms with Gasteiger partial charge in [0.05, 0.1) is 6.54 Å². The molecular formula is C14H12N2O5. The smallest absolute Gasteiger partial charge is 0.372 e. The van der Waals surface area contributed by atoms with Gasteiger partial charge in [0.15, 0.2) is 0 Å². The molecule has 2 heterocycles. The number of amides is 3. The van der Waals surface area contributed by atoms with E-state index in [1.165, 1.54) is 11.9 Å². The Morgan fingerprint density at radius 2 is 2.05 bits per heavy atom. The Morgan fingerprint density at radius 3 is 2.67 bits per heavy atom. The fourth-order valence-corrected chi connectivity index (χ4v) is 2.41. The number of nitrogens with zero attached hydrogens (tertiary/aromatic N) is 2. The van der Waals surface area contributed by atoms with Crippen molar-refractivity contribution in [3.8, 4) is 0 Å². The average molecular weight is 288 g/mol. The fourth-order valence-electron chi connectivity index (χ4n) is 2.41. The van der Waals surface area contributed by atoms with Crippen LogP contribution in [0, 0.1) is 0 Å². The number of likely N-dealkylation sites (N-methyl/N-ethyl adjacent to an activating group) is 1. The molecule has 1 aliphatic rings. The van der Waals surface area contributed by atoms with Gasteiger partial charge < -0.3 is 14.4 Å². The minimum atomic E-state index is -1.23. The van der Waals surface area contributed by atoms with Crippen LogP contribution in [0.5, 0.6) is 0 Å². The number of rotatable bonds is 3. The van der Waals surface area contributed by atoms with Crippen LogP contribution in [0.25, 0.3) is 11.0 Å². The van der Waals surface area contributed by atoms with Gasteiger partial charge >= 0.3 is 12.0 Å². The highest BCUT2D eigenvalue weighted by molar-refractivity contribution is 6.03. The van der Waals surface area contributed by atoms with E-state index in [2.05, 4.69) is 0 Å². The summed E-state index contributed by atoms with van der Waals surface area (Å²) in [6.45, 7) is -0.113. The average Bonchev–Trinajstić information content (AvgIpc) is 2.93. The van der Waals surface area contributed by atoms with Crippen molar-refractivity contribution in [3.63, 3.8) is 0 Å². The van der Waals surface area contributed by atoms with Gasteiger partial charge in [0.2, 0.25) is 5.76 Å². The third kappa shape index (κ3) is 2.03. The molecule has 0 saturated carbocycles. The van der Waals surface area contributed by atoms with Gasteiger partial charge in [-0.2, -0.15) is 0 Å². The number of carbonyl (C=O) groups is 3. The van der Waals surface area contributed by atoms with Crippen molar-refractivity contribution in [2.45, 2.75) is 6.54 Å². The number of hydrogen-bond donors (Lipinski definition) is 1. The lowest BCUT2D eigenvalue weighted by atomic mass is 10.1. The molecule has 2 aromatic rings. The summed E-state index contributed by atoms with van der Waals surface area (Å²) in [5.41, 5.74) is 0.743. The van der Waals surface area contributed by atoms with Gasteiger partial charge in [-0.05, 0) is 6.07 Å². The van der Waals surface area contributed by atoms with Gasteiger partial charge in [-0.15, -0.1) is 0 Å². The normalized spacial score (nSPS) is 15.3. The van der Waals surface area contributed by atoms with Crippen LogP contribution in [-0.4, -0.2) is 46.4 Å². The third-order valence-electron chi connectivity index (χ3n) is 3.44. The van der Waals surface area contributed by atoms with E-state index in [9.17, 15) is 19.5 Å². The second-order valence-electron chi connectivity index (χ2n) is 4.83. The zero-order valence-electron chi connectivity index (χ0n) is 11.2. The monoisotopic (exact) mass is 288 g/mol. The largest absolute Gasteiger partial charge is 0.475 e. The highest BCUT2D eigenvalue weighted by Crippen LogP contribution is 2.28.